The second-order valence-electron chi connectivity index (χ2n) is 5.30. The van der Waals surface area contributed by atoms with Crippen molar-refractivity contribution in [2.24, 2.45) is 5.92 Å². The maximum atomic E-state index is 10.7. The quantitative estimate of drug-likeness (QED) is 0.873. The van der Waals surface area contributed by atoms with Gasteiger partial charge < -0.3 is 9.84 Å². The number of benzene rings is 1. The Morgan fingerprint density at radius 2 is 1.82 bits per heavy atom. The van der Waals surface area contributed by atoms with Crippen LogP contribution in [-0.2, 0) is 11.2 Å². The van der Waals surface area contributed by atoms with Crippen molar-refractivity contribution in [3.8, 4) is 5.75 Å². The Morgan fingerprint density at radius 1 is 1.29 bits per heavy atom. The monoisotopic (exact) mass is 236 g/mol. The summed E-state index contributed by atoms with van der Waals surface area (Å²) in [6.45, 7) is 7.69. The van der Waals surface area contributed by atoms with Crippen LogP contribution in [-0.4, -0.2) is 16.7 Å². The summed E-state index contributed by atoms with van der Waals surface area (Å²) in [5, 5.41) is 8.83. The minimum absolute atomic E-state index is 0.212. The molecule has 0 saturated heterocycles. The average Bonchev–Trinajstić information content (AvgIpc) is 2.18. The molecule has 0 heterocycles. The van der Waals surface area contributed by atoms with Gasteiger partial charge in [0.1, 0.15) is 11.4 Å². The summed E-state index contributed by atoms with van der Waals surface area (Å²) in [6, 6.07) is 7.60. The van der Waals surface area contributed by atoms with Gasteiger partial charge >= 0.3 is 5.97 Å². The van der Waals surface area contributed by atoms with Crippen molar-refractivity contribution in [3.05, 3.63) is 29.8 Å². The molecule has 0 saturated carbocycles. The fraction of sp³-hybridized carbons (Fsp3) is 0.500. The maximum absolute atomic E-state index is 10.7. The first-order valence-corrected chi connectivity index (χ1v) is 5.79. The largest absolute Gasteiger partial charge is 0.488 e. The van der Waals surface area contributed by atoms with Gasteiger partial charge in [-0.15, -0.1) is 0 Å². The van der Waals surface area contributed by atoms with Crippen molar-refractivity contribution in [1.82, 2.24) is 0 Å². The lowest BCUT2D eigenvalue weighted by atomic mass is 10.0. The molecule has 3 heteroatoms. The number of carboxylic acid groups (broad SMARTS) is 1. The third kappa shape index (κ3) is 4.89. The fourth-order valence-electron chi connectivity index (χ4n) is 1.49. The third-order valence-electron chi connectivity index (χ3n) is 2.31. The van der Waals surface area contributed by atoms with E-state index in [0.29, 0.717) is 6.42 Å². The fourth-order valence-corrected chi connectivity index (χ4v) is 1.49. The lowest BCUT2D eigenvalue weighted by molar-refractivity contribution is -0.141. The Kier molecular flexibility index (Phi) is 4.16. The first-order chi connectivity index (χ1) is 7.78. The molecule has 1 aromatic rings. The molecule has 3 nitrogen and oxygen atoms in total. The smallest absolute Gasteiger partial charge is 0.306 e. The molecular weight excluding hydrogens is 216 g/mol. The zero-order valence-electron chi connectivity index (χ0n) is 10.9. The van der Waals surface area contributed by atoms with Crippen LogP contribution in [0, 0.1) is 5.92 Å². The lowest BCUT2D eigenvalue weighted by Gasteiger charge is -2.21. The van der Waals surface area contributed by atoms with Crippen molar-refractivity contribution in [2.45, 2.75) is 39.7 Å². The molecule has 0 spiro atoms. The van der Waals surface area contributed by atoms with E-state index in [1.165, 1.54) is 0 Å². The highest BCUT2D eigenvalue weighted by Crippen LogP contribution is 2.19. The van der Waals surface area contributed by atoms with E-state index in [9.17, 15) is 4.79 Å². The van der Waals surface area contributed by atoms with Gasteiger partial charge in [-0.1, -0.05) is 19.1 Å². The highest BCUT2D eigenvalue weighted by Gasteiger charge is 2.13. The number of aliphatic carboxylic acids is 1. The van der Waals surface area contributed by atoms with Crippen LogP contribution in [0.1, 0.15) is 33.3 Å². The van der Waals surface area contributed by atoms with Crippen LogP contribution in [0.3, 0.4) is 0 Å². The van der Waals surface area contributed by atoms with Crippen LogP contribution in [0.15, 0.2) is 24.3 Å². The number of carboxylic acids is 1. The first-order valence-electron chi connectivity index (χ1n) is 5.79. The first kappa shape index (κ1) is 13.6. The third-order valence-corrected chi connectivity index (χ3v) is 2.31. The standard InChI is InChI=1S/C14H20O3/c1-10(13(15)16)9-11-5-7-12(8-6-11)17-14(2,3)4/h5-8,10H,9H2,1-4H3,(H,15,16). The van der Waals surface area contributed by atoms with Gasteiger partial charge in [-0.05, 0) is 44.9 Å². The van der Waals surface area contributed by atoms with Gasteiger partial charge in [-0.2, -0.15) is 0 Å². The van der Waals surface area contributed by atoms with Crippen molar-refractivity contribution >= 4 is 5.97 Å². The van der Waals surface area contributed by atoms with E-state index in [0.717, 1.165) is 11.3 Å². The van der Waals surface area contributed by atoms with Crippen LogP contribution in [0.4, 0.5) is 0 Å². The van der Waals surface area contributed by atoms with Crippen LogP contribution in [0.5, 0.6) is 5.75 Å². The Bertz CT molecular complexity index is 373. The lowest BCUT2D eigenvalue weighted by Crippen LogP contribution is -2.22. The van der Waals surface area contributed by atoms with Crippen LogP contribution >= 0.6 is 0 Å². The minimum atomic E-state index is -0.764. The van der Waals surface area contributed by atoms with E-state index in [-0.39, 0.29) is 11.5 Å². The molecule has 1 N–H and O–H groups in total. The molecule has 1 unspecified atom stereocenters. The highest BCUT2D eigenvalue weighted by atomic mass is 16.5. The molecule has 0 aliphatic rings. The summed E-state index contributed by atoms with van der Waals surface area (Å²) in [5.74, 6) is -0.311. The van der Waals surface area contributed by atoms with Crippen molar-refractivity contribution in [3.63, 3.8) is 0 Å². The van der Waals surface area contributed by atoms with E-state index >= 15 is 0 Å². The predicted molar refractivity (Wildman–Crippen MR) is 67.3 cm³/mol. The number of hydrogen-bond acceptors (Lipinski definition) is 2. The molecule has 0 aromatic heterocycles. The summed E-state index contributed by atoms with van der Waals surface area (Å²) in [6.07, 6.45) is 0.547. The van der Waals surface area contributed by atoms with E-state index in [4.69, 9.17) is 9.84 Å². The summed E-state index contributed by atoms with van der Waals surface area (Å²) in [4.78, 5) is 10.7. The molecule has 0 aliphatic heterocycles. The molecule has 1 aromatic carbocycles. The topological polar surface area (TPSA) is 46.5 Å². The second-order valence-corrected chi connectivity index (χ2v) is 5.30. The molecule has 0 aliphatic carbocycles. The maximum Gasteiger partial charge on any atom is 0.306 e. The Morgan fingerprint density at radius 3 is 2.24 bits per heavy atom. The number of hydrogen-bond donors (Lipinski definition) is 1. The molecular formula is C14H20O3. The Hall–Kier alpha value is -1.51. The molecule has 17 heavy (non-hydrogen) atoms. The zero-order chi connectivity index (χ0) is 13.1. The van der Waals surface area contributed by atoms with Crippen molar-refractivity contribution < 1.29 is 14.6 Å². The van der Waals surface area contributed by atoms with E-state index < -0.39 is 5.97 Å². The van der Waals surface area contributed by atoms with Gasteiger partial charge in [-0.25, -0.2) is 0 Å². The molecule has 94 valence electrons. The van der Waals surface area contributed by atoms with Gasteiger partial charge in [0.05, 0.1) is 5.92 Å². The van der Waals surface area contributed by atoms with Crippen molar-refractivity contribution in [1.29, 1.82) is 0 Å². The van der Waals surface area contributed by atoms with Gasteiger partial charge in [0, 0.05) is 0 Å². The number of rotatable bonds is 4. The Labute approximate surface area is 102 Å². The molecule has 0 bridgehead atoms. The normalized spacial score (nSPS) is 13.2. The predicted octanol–water partition coefficient (Wildman–Crippen LogP) is 3.13. The summed E-state index contributed by atoms with van der Waals surface area (Å²) in [5.41, 5.74) is 0.803. The summed E-state index contributed by atoms with van der Waals surface area (Å²) >= 11 is 0. The Balaban J connectivity index is 2.65. The van der Waals surface area contributed by atoms with E-state index in [1.54, 1.807) is 6.92 Å². The molecule has 0 radical (unpaired) electrons. The van der Waals surface area contributed by atoms with Gasteiger partial charge in [0.2, 0.25) is 0 Å². The highest BCUT2D eigenvalue weighted by molar-refractivity contribution is 5.69. The summed E-state index contributed by atoms with van der Waals surface area (Å²) in [7, 11) is 0. The van der Waals surface area contributed by atoms with Gasteiger partial charge in [0.15, 0.2) is 0 Å². The summed E-state index contributed by atoms with van der Waals surface area (Å²) < 4.78 is 5.69. The van der Waals surface area contributed by atoms with E-state index in [1.807, 2.05) is 45.0 Å². The van der Waals surface area contributed by atoms with Crippen LogP contribution in [0.2, 0.25) is 0 Å². The van der Waals surface area contributed by atoms with Gasteiger partial charge in [-0.3, -0.25) is 4.79 Å². The molecule has 0 amide bonds. The minimum Gasteiger partial charge on any atom is -0.488 e. The molecule has 1 atom stereocenters. The molecule has 1 rings (SSSR count). The number of carbonyl (C=O) groups is 1. The van der Waals surface area contributed by atoms with Crippen molar-refractivity contribution in [2.75, 3.05) is 0 Å². The van der Waals surface area contributed by atoms with E-state index in [2.05, 4.69) is 0 Å². The number of ether oxygens (including phenoxy) is 1. The van der Waals surface area contributed by atoms with Crippen LogP contribution < -0.4 is 4.74 Å². The SMILES string of the molecule is CC(Cc1ccc(OC(C)(C)C)cc1)C(=O)O. The molecule has 0 fully saturated rings. The second kappa shape index (κ2) is 5.21. The van der Waals surface area contributed by atoms with Gasteiger partial charge in [0.25, 0.3) is 0 Å². The van der Waals surface area contributed by atoms with Crippen LogP contribution in [0.25, 0.3) is 0 Å². The zero-order valence-corrected chi connectivity index (χ0v) is 10.9. The average molecular weight is 236 g/mol.